The molecule has 8 N–H and O–H groups in total. The molecule has 1 aromatic heterocycles. The normalized spacial score (nSPS) is 12.4. The predicted octanol–water partition coefficient (Wildman–Crippen LogP) is 15.5. The number of urea groups is 1. The van der Waals surface area contributed by atoms with Gasteiger partial charge in [-0.15, -0.1) is 11.6 Å². The number of hydrogen-bond donors (Lipinski definition) is 7. The molecule has 0 spiro atoms. The molecule has 0 saturated carbocycles. The first kappa shape index (κ1) is 95.9. The molecule has 2 aromatic carbocycles. The van der Waals surface area contributed by atoms with Gasteiger partial charge < -0.3 is 31.9 Å². The minimum Gasteiger partial charge on any atom is -0.383 e. The van der Waals surface area contributed by atoms with Gasteiger partial charge in [-0.3, -0.25) is 29.1 Å². The van der Waals surface area contributed by atoms with Crippen molar-refractivity contribution in [2.75, 3.05) is 24.6 Å². The Balaban J connectivity index is -0.000000510. The van der Waals surface area contributed by atoms with E-state index in [0.717, 1.165) is 24.7 Å². The Bertz CT molecular complexity index is 2960. The Labute approximate surface area is 582 Å². The third kappa shape index (κ3) is 40.8. The van der Waals surface area contributed by atoms with E-state index < -0.39 is 29.8 Å². The van der Waals surface area contributed by atoms with Crippen LogP contribution >= 0.6 is 11.6 Å². The van der Waals surface area contributed by atoms with Gasteiger partial charge in [0.05, 0.1) is 18.0 Å². The lowest BCUT2D eigenvalue weighted by molar-refractivity contribution is -0.133. The SMILES string of the molecule is CC(=O)N(C)C(C)(C)C(C)C.CC(C)C(C)(C)N=C(N)c1ccc(F)cc1.CC(C)C(C)(C)NC(=O)c1cnccn1.CC(C)C(C)(C)NS(=O)(=O)C(C)(C)Cl.CC(C)c1ccc(NS(C)(=O)=O)cc1.CCCCC(=O)NC(C)(C)C(C)C.CCNC(=O)NC(C)(C)C(C)C. The second-order valence-electron chi connectivity index (χ2n) is 30.0. The number of carbonyl (C=O) groups excluding carboxylic acids is 4. The third-order valence-electron chi connectivity index (χ3n) is 17.6. The zero-order chi connectivity index (χ0) is 75.9. The Morgan fingerprint density at radius 2 is 1.07 bits per heavy atom. The summed E-state index contributed by atoms with van der Waals surface area (Å²) in [6.45, 7) is 62.4. The zero-order valence-corrected chi connectivity index (χ0v) is 67.3. The minimum atomic E-state index is -3.49. The van der Waals surface area contributed by atoms with E-state index in [0.29, 0.717) is 65.7 Å². The van der Waals surface area contributed by atoms with Crippen LogP contribution < -0.4 is 36.4 Å². The predicted molar refractivity (Wildman–Crippen MR) is 399 cm³/mol. The number of nitrogens with two attached hydrogens (primary N) is 1. The zero-order valence-electron chi connectivity index (χ0n) is 64.9. The van der Waals surface area contributed by atoms with Gasteiger partial charge in [0.15, 0.2) is 4.21 Å². The molecule has 0 aliphatic heterocycles. The van der Waals surface area contributed by atoms with Crippen LogP contribution in [0.25, 0.3) is 0 Å². The second-order valence-corrected chi connectivity index (χ2v) is 35.2. The van der Waals surface area contributed by atoms with Crippen LogP contribution in [0, 0.1) is 41.3 Å². The second kappa shape index (κ2) is 42.4. The maximum atomic E-state index is 12.7. The first-order valence-electron chi connectivity index (χ1n) is 33.2. The Morgan fingerprint density at radius 3 is 1.41 bits per heavy atom. The number of hydrogen-bond acceptors (Lipinski definition) is 11. The molecule has 19 nitrogen and oxygen atoms in total. The molecule has 0 aliphatic rings. The number of amides is 5. The summed E-state index contributed by atoms with van der Waals surface area (Å²) in [7, 11) is -4.80. The van der Waals surface area contributed by atoms with E-state index in [1.165, 1.54) is 43.9 Å². The maximum absolute atomic E-state index is 12.7. The first-order chi connectivity index (χ1) is 42.6. The van der Waals surface area contributed by atoms with Gasteiger partial charge in [0, 0.05) is 78.3 Å². The molecule has 0 unspecified atom stereocenters. The molecule has 0 saturated heterocycles. The highest BCUT2D eigenvalue weighted by atomic mass is 35.5. The molecule has 550 valence electrons. The molecule has 0 bridgehead atoms. The van der Waals surface area contributed by atoms with Gasteiger partial charge in [0.25, 0.3) is 5.91 Å². The fourth-order valence-corrected chi connectivity index (χ4v) is 7.97. The van der Waals surface area contributed by atoms with E-state index in [4.69, 9.17) is 17.3 Å². The topological polar surface area (TPSA) is 276 Å². The summed E-state index contributed by atoms with van der Waals surface area (Å²) in [4.78, 5) is 59.4. The molecule has 23 heteroatoms. The number of unbranched alkanes of at least 4 members (excludes halogenated alkanes) is 1. The number of amidine groups is 1. The Hall–Kier alpha value is -5.45. The molecule has 3 aromatic rings. The number of aromatic nitrogens is 2. The average Bonchev–Trinajstić information content (AvgIpc) is 0.828. The number of alkyl halides is 1. The third-order valence-corrected chi connectivity index (χ3v) is 20.9. The smallest absolute Gasteiger partial charge is 0.315 e. The van der Waals surface area contributed by atoms with Crippen molar-refractivity contribution in [3.63, 3.8) is 0 Å². The van der Waals surface area contributed by atoms with Crippen LogP contribution in [0.3, 0.4) is 0 Å². The van der Waals surface area contributed by atoms with Crippen LogP contribution in [0.1, 0.15) is 261 Å². The average molecular weight is 1400 g/mol. The Kier molecular flexibility index (Phi) is 42.8. The van der Waals surface area contributed by atoms with Crippen molar-refractivity contribution in [1.82, 2.24) is 40.9 Å². The number of halogens is 2. The van der Waals surface area contributed by atoms with E-state index >= 15 is 0 Å². The van der Waals surface area contributed by atoms with Crippen LogP contribution in [-0.2, 0) is 29.6 Å². The fourth-order valence-electron chi connectivity index (χ4n) is 6.12. The molecule has 1 heterocycles. The summed E-state index contributed by atoms with van der Waals surface area (Å²) in [6, 6.07) is 13.4. The lowest BCUT2D eigenvalue weighted by atomic mass is 9.89. The quantitative estimate of drug-likeness (QED) is 0.0266. The molecule has 0 radical (unpaired) electrons. The van der Waals surface area contributed by atoms with E-state index in [1.807, 2.05) is 95.3 Å². The summed E-state index contributed by atoms with van der Waals surface area (Å²) in [5, 5.41) is 11.6. The van der Waals surface area contributed by atoms with E-state index in [1.54, 1.807) is 42.3 Å². The number of carbonyl (C=O) groups is 4. The number of sulfonamides is 2. The molecule has 0 fully saturated rings. The summed E-state index contributed by atoms with van der Waals surface area (Å²) in [6.07, 6.45) is 8.39. The lowest BCUT2D eigenvalue weighted by Crippen LogP contribution is -2.51. The molecule has 3 rings (SSSR count). The van der Waals surface area contributed by atoms with Crippen LogP contribution in [0.15, 0.2) is 72.1 Å². The van der Waals surface area contributed by atoms with Gasteiger partial charge in [-0.25, -0.2) is 35.7 Å². The largest absolute Gasteiger partial charge is 0.383 e. The molecule has 95 heavy (non-hydrogen) atoms. The van der Waals surface area contributed by atoms with Gasteiger partial charge >= 0.3 is 6.03 Å². The van der Waals surface area contributed by atoms with Gasteiger partial charge in [0.1, 0.15) is 17.3 Å². The maximum Gasteiger partial charge on any atom is 0.315 e. The van der Waals surface area contributed by atoms with Crippen molar-refractivity contribution >= 4 is 66.9 Å². The van der Waals surface area contributed by atoms with Crippen molar-refractivity contribution in [1.29, 1.82) is 0 Å². The highest BCUT2D eigenvalue weighted by molar-refractivity contribution is 7.92. The van der Waals surface area contributed by atoms with E-state index in [2.05, 4.69) is 163 Å². The number of anilines is 1. The van der Waals surface area contributed by atoms with Crippen molar-refractivity contribution in [2.45, 2.75) is 277 Å². The lowest BCUT2D eigenvalue weighted by Gasteiger charge is -2.38. The number of nitrogens with one attached hydrogen (secondary N) is 6. The van der Waals surface area contributed by atoms with Crippen molar-refractivity contribution < 1.29 is 40.4 Å². The number of nitrogens with zero attached hydrogens (tertiary/aromatic N) is 4. The molecular formula is C72H133ClFN11O8S2. The highest BCUT2D eigenvalue weighted by Gasteiger charge is 2.38. The molecule has 5 amide bonds. The molecule has 0 atom stereocenters. The van der Waals surface area contributed by atoms with E-state index in [9.17, 15) is 40.4 Å². The monoisotopic (exact) mass is 1400 g/mol. The summed E-state index contributed by atoms with van der Waals surface area (Å²) >= 11 is 5.79. The standard InChI is InChI=1S/C13H19FN2.C11H17N3O.C11H23NO.C10H15NO2S.C9H20ClNO2S.C9H20N2O.C9H19NO/c1-9(2)13(3,4)16-12(15)10-5-7-11(14)8-6-10;1-8(2)11(3,4)14-10(15)9-7-12-5-6-13-9;1-6-7-8-10(13)12-11(4,5)9(2)3;1-8(2)9-4-6-10(7-5-9)11-14(3,12)13;1-7(2)8(3,4)11-14(12,13)9(5,6)10;1-6-10-8(12)11-9(4,5)7(2)3;1-7(2)9(4,5)10(6)8(3)11/h5-9H,1-4H3,(H2,15,16);5-8H,1-4H3,(H,14,15);9H,6-8H2,1-5H3,(H,12,13);4-8,11H,1-3H3;7,11H,1-6H3;7H,6H2,1-5H3,(H2,10,11,12);7H,1-6H3. The number of aliphatic imine (C=N–C) groups is 1. The summed E-state index contributed by atoms with van der Waals surface area (Å²) in [5.74, 6) is 3.13. The van der Waals surface area contributed by atoms with Crippen molar-refractivity contribution in [3.8, 4) is 0 Å². The Morgan fingerprint density at radius 1 is 0.632 bits per heavy atom. The van der Waals surface area contributed by atoms with Crippen LogP contribution in [-0.4, -0.2) is 119 Å². The van der Waals surface area contributed by atoms with Crippen LogP contribution in [0.5, 0.6) is 0 Å². The van der Waals surface area contributed by atoms with Gasteiger partial charge in [-0.2, -0.15) is 0 Å². The first-order valence-corrected chi connectivity index (χ1v) is 37.0. The number of rotatable bonds is 23. The van der Waals surface area contributed by atoms with E-state index in [-0.39, 0.29) is 63.2 Å². The molecular weight excluding hydrogens is 1270 g/mol. The van der Waals surface area contributed by atoms with Gasteiger partial charge in [-0.05, 0) is 194 Å². The van der Waals surface area contributed by atoms with Crippen LogP contribution in [0.4, 0.5) is 14.9 Å². The van der Waals surface area contributed by atoms with Crippen LogP contribution in [0.2, 0.25) is 0 Å². The van der Waals surface area contributed by atoms with Gasteiger partial charge in [0.2, 0.25) is 31.9 Å². The summed E-state index contributed by atoms with van der Waals surface area (Å²) in [5.41, 5.74) is 7.63. The fraction of sp³-hybridized carbons (Fsp3) is 0.708. The van der Waals surface area contributed by atoms with Gasteiger partial charge in [-0.1, -0.05) is 122 Å². The molecule has 0 aliphatic carbocycles. The number of benzene rings is 2. The van der Waals surface area contributed by atoms with Crippen molar-refractivity contribution in [2.24, 2.45) is 46.2 Å². The van der Waals surface area contributed by atoms with Crippen molar-refractivity contribution in [3.05, 3.63) is 89.8 Å². The summed E-state index contributed by atoms with van der Waals surface area (Å²) < 4.78 is 61.8. The highest BCUT2D eigenvalue weighted by Crippen LogP contribution is 2.26. The minimum absolute atomic E-state index is 0.0359.